The van der Waals surface area contributed by atoms with Crippen LogP contribution in [0.3, 0.4) is 0 Å². The number of urea groups is 2. The second kappa shape index (κ2) is 11.4. The molecule has 0 saturated heterocycles. The van der Waals surface area contributed by atoms with E-state index in [2.05, 4.69) is 31.9 Å². The van der Waals surface area contributed by atoms with E-state index in [0.717, 1.165) is 0 Å². The Hall–Kier alpha value is -1.16. The number of nitrogens with one attached hydrogen (secondary N) is 2. The standard InChI is InChI=1S/2C7H13BrN2O2/c2*1-3-7(8,4-2)5(11)10-6(9)12/h2*3-4H2,1-2H3,(H3,9,10,11,12). The number of carbonyl (C=O) groups excluding carboxylic acids is 4. The third kappa shape index (κ3) is 8.62. The molecular weight excluding hydrogens is 448 g/mol. The monoisotopic (exact) mass is 472 g/mol. The number of primary amides is 2. The summed E-state index contributed by atoms with van der Waals surface area (Å²) >= 11 is 6.51. The smallest absolute Gasteiger partial charge is 0.318 e. The van der Waals surface area contributed by atoms with E-state index in [0.29, 0.717) is 25.7 Å². The molecule has 0 heterocycles. The van der Waals surface area contributed by atoms with Crippen molar-refractivity contribution >= 4 is 55.7 Å². The van der Waals surface area contributed by atoms with Gasteiger partial charge >= 0.3 is 12.1 Å². The van der Waals surface area contributed by atoms with Crippen LogP contribution >= 0.6 is 31.9 Å². The maximum Gasteiger partial charge on any atom is 0.318 e. The molecule has 24 heavy (non-hydrogen) atoms. The van der Waals surface area contributed by atoms with Crippen LogP contribution in [0.2, 0.25) is 0 Å². The van der Waals surface area contributed by atoms with Crippen molar-refractivity contribution in [1.29, 1.82) is 0 Å². The van der Waals surface area contributed by atoms with Crippen LogP contribution in [0.15, 0.2) is 0 Å². The molecule has 0 aliphatic carbocycles. The zero-order valence-corrected chi connectivity index (χ0v) is 17.5. The van der Waals surface area contributed by atoms with E-state index in [-0.39, 0.29) is 11.8 Å². The van der Waals surface area contributed by atoms with Crippen LogP contribution in [0.25, 0.3) is 0 Å². The molecule has 0 atom stereocenters. The molecule has 140 valence electrons. The normalized spacial score (nSPS) is 10.9. The molecule has 6 amide bonds. The number of alkyl halides is 2. The summed E-state index contributed by atoms with van der Waals surface area (Å²) in [5, 5.41) is 4.08. The van der Waals surface area contributed by atoms with Gasteiger partial charge in [-0.25, -0.2) is 9.59 Å². The molecule has 0 unspecified atom stereocenters. The van der Waals surface area contributed by atoms with Gasteiger partial charge in [-0.1, -0.05) is 59.6 Å². The summed E-state index contributed by atoms with van der Waals surface area (Å²) in [7, 11) is 0. The van der Waals surface area contributed by atoms with Gasteiger partial charge in [0.15, 0.2) is 0 Å². The van der Waals surface area contributed by atoms with E-state index in [1.807, 2.05) is 38.3 Å². The fourth-order valence-corrected chi connectivity index (χ4v) is 1.79. The molecule has 0 saturated carbocycles. The maximum atomic E-state index is 11.3. The Bertz CT molecular complexity index is 422. The Balaban J connectivity index is 0. The number of hydrogen-bond donors (Lipinski definition) is 4. The lowest BCUT2D eigenvalue weighted by Gasteiger charge is -2.21. The molecule has 10 heteroatoms. The second-order valence-electron chi connectivity index (χ2n) is 4.98. The highest BCUT2D eigenvalue weighted by atomic mass is 79.9. The van der Waals surface area contributed by atoms with Gasteiger partial charge in [0.1, 0.15) is 8.65 Å². The predicted octanol–water partition coefficient (Wildman–Crippen LogP) is 2.27. The highest BCUT2D eigenvalue weighted by molar-refractivity contribution is 9.10. The SMILES string of the molecule is CCC(Br)(CC)C(=O)NC(N)=O.CCC(Br)(CC)C(=O)NC(N)=O. The lowest BCUT2D eigenvalue weighted by Crippen LogP contribution is -2.46. The van der Waals surface area contributed by atoms with Crippen LogP contribution in [-0.2, 0) is 9.59 Å². The van der Waals surface area contributed by atoms with Crippen molar-refractivity contribution in [2.24, 2.45) is 11.5 Å². The minimum absolute atomic E-state index is 0.375. The number of nitrogens with two attached hydrogens (primary N) is 2. The van der Waals surface area contributed by atoms with Gasteiger partial charge in [0.2, 0.25) is 11.8 Å². The first kappa shape index (κ1) is 25.1. The van der Waals surface area contributed by atoms with Crippen molar-refractivity contribution in [3.8, 4) is 0 Å². The molecule has 0 rings (SSSR count). The summed E-state index contributed by atoms with van der Waals surface area (Å²) in [6.45, 7) is 7.44. The maximum absolute atomic E-state index is 11.3. The summed E-state index contributed by atoms with van der Waals surface area (Å²) in [5.74, 6) is -0.750. The van der Waals surface area contributed by atoms with Gasteiger partial charge in [0, 0.05) is 0 Å². The molecule has 0 aromatic carbocycles. The Morgan fingerprint density at radius 2 is 0.917 bits per heavy atom. The van der Waals surface area contributed by atoms with Crippen LogP contribution < -0.4 is 22.1 Å². The van der Waals surface area contributed by atoms with E-state index in [1.165, 1.54) is 0 Å². The molecule has 0 aliphatic rings. The highest BCUT2D eigenvalue weighted by Gasteiger charge is 2.32. The number of imide groups is 2. The van der Waals surface area contributed by atoms with Crippen LogP contribution in [0, 0.1) is 0 Å². The van der Waals surface area contributed by atoms with E-state index in [4.69, 9.17) is 11.5 Å². The average Bonchev–Trinajstić information content (AvgIpc) is 2.52. The zero-order chi connectivity index (χ0) is 19.6. The zero-order valence-electron chi connectivity index (χ0n) is 14.4. The van der Waals surface area contributed by atoms with Crippen molar-refractivity contribution in [1.82, 2.24) is 10.6 Å². The van der Waals surface area contributed by atoms with E-state index in [1.54, 1.807) is 0 Å². The topological polar surface area (TPSA) is 144 Å². The summed E-state index contributed by atoms with van der Waals surface area (Å²) in [6, 6.07) is -1.63. The Labute approximate surface area is 159 Å². The van der Waals surface area contributed by atoms with Gasteiger partial charge in [-0.2, -0.15) is 0 Å². The molecule has 0 fully saturated rings. The second-order valence-corrected chi connectivity index (χ2v) is 8.02. The molecule has 0 bridgehead atoms. The van der Waals surface area contributed by atoms with Crippen LogP contribution in [0.1, 0.15) is 53.4 Å². The molecule has 0 aliphatic heterocycles. The minimum atomic E-state index is -0.814. The lowest BCUT2D eigenvalue weighted by molar-refractivity contribution is -0.123. The molecule has 6 N–H and O–H groups in total. The van der Waals surface area contributed by atoms with Crippen molar-refractivity contribution in [2.75, 3.05) is 0 Å². The number of amides is 6. The summed E-state index contributed by atoms with van der Waals surface area (Å²) < 4.78 is -1.33. The van der Waals surface area contributed by atoms with Gasteiger partial charge < -0.3 is 11.5 Å². The predicted molar refractivity (Wildman–Crippen MR) is 99.9 cm³/mol. The first-order valence-electron chi connectivity index (χ1n) is 7.51. The Morgan fingerprint density at radius 3 is 1.04 bits per heavy atom. The minimum Gasteiger partial charge on any atom is -0.351 e. The Kier molecular flexibility index (Phi) is 11.9. The first-order chi connectivity index (χ1) is 10.9. The fourth-order valence-electron chi connectivity index (χ4n) is 1.59. The quantitative estimate of drug-likeness (QED) is 0.438. The number of rotatable bonds is 6. The van der Waals surface area contributed by atoms with E-state index >= 15 is 0 Å². The van der Waals surface area contributed by atoms with Crippen molar-refractivity contribution < 1.29 is 19.2 Å². The molecule has 0 radical (unpaired) electrons. The molecular formula is C14H26Br2N4O4. The highest BCUT2D eigenvalue weighted by Crippen LogP contribution is 2.26. The number of halogens is 2. The van der Waals surface area contributed by atoms with E-state index in [9.17, 15) is 19.2 Å². The van der Waals surface area contributed by atoms with E-state index < -0.39 is 20.7 Å². The van der Waals surface area contributed by atoms with Gasteiger partial charge in [0.05, 0.1) is 0 Å². The summed E-state index contributed by atoms with van der Waals surface area (Å²) in [6.07, 6.45) is 2.45. The average molecular weight is 474 g/mol. The summed E-state index contributed by atoms with van der Waals surface area (Å²) in [4.78, 5) is 43.3. The third-order valence-electron chi connectivity index (χ3n) is 3.53. The summed E-state index contributed by atoms with van der Waals surface area (Å²) in [5.41, 5.74) is 9.62. The largest absolute Gasteiger partial charge is 0.351 e. The van der Waals surface area contributed by atoms with Crippen molar-refractivity contribution in [3.05, 3.63) is 0 Å². The first-order valence-corrected chi connectivity index (χ1v) is 9.10. The molecule has 0 aromatic heterocycles. The van der Waals surface area contributed by atoms with Crippen LogP contribution in [0.4, 0.5) is 9.59 Å². The van der Waals surface area contributed by atoms with Gasteiger partial charge in [-0.05, 0) is 25.7 Å². The van der Waals surface area contributed by atoms with Crippen LogP contribution in [-0.4, -0.2) is 32.5 Å². The van der Waals surface area contributed by atoms with Gasteiger partial charge in [0.25, 0.3) is 0 Å². The number of hydrogen-bond acceptors (Lipinski definition) is 4. The fraction of sp³-hybridized carbons (Fsp3) is 0.714. The lowest BCUT2D eigenvalue weighted by atomic mass is 10.0. The Morgan fingerprint density at radius 1 is 0.708 bits per heavy atom. The molecule has 0 spiro atoms. The third-order valence-corrected chi connectivity index (χ3v) is 6.49. The van der Waals surface area contributed by atoms with Gasteiger partial charge in [-0.3, -0.25) is 20.2 Å². The van der Waals surface area contributed by atoms with Crippen molar-refractivity contribution in [2.45, 2.75) is 62.0 Å². The van der Waals surface area contributed by atoms with Crippen LogP contribution in [0.5, 0.6) is 0 Å². The number of carbonyl (C=O) groups is 4. The molecule has 8 nitrogen and oxygen atoms in total. The molecule has 0 aromatic rings. The van der Waals surface area contributed by atoms with Crippen molar-refractivity contribution in [3.63, 3.8) is 0 Å². The van der Waals surface area contributed by atoms with Gasteiger partial charge in [-0.15, -0.1) is 0 Å².